The van der Waals surface area contributed by atoms with E-state index in [0.29, 0.717) is 44.6 Å². The van der Waals surface area contributed by atoms with Crippen LogP contribution in [0.5, 0.6) is 0 Å². The lowest BCUT2D eigenvalue weighted by Crippen LogP contribution is -2.45. The third-order valence-electron chi connectivity index (χ3n) is 4.82. The zero-order valence-electron chi connectivity index (χ0n) is 14.1. The van der Waals surface area contributed by atoms with Crippen LogP contribution in [0.15, 0.2) is 34.9 Å². The second-order valence-electron chi connectivity index (χ2n) is 6.44. The molecule has 7 heteroatoms. The van der Waals surface area contributed by atoms with Gasteiger partial charge in [0.1, 0.15) is 0 Å². The minimum atomic E-state index is 0.0231. The van der Waals surface area contributed by atoms with E-state index in [4.69, 9.17) is 9.26 Å². The number of likely N-dealkylation sites (tertiary alicyclic amines) is 1. The normalized spacial score (nSPS) is 21.6. The topological polar surface area (TPSA) is 71.7 Å². The number of carbonyl (C=O) groups is 1. The van der Waals surface area contributed by atoms with Crippen LogP contribution in [-0.2, 0) is 9.53 Å². The molecule has 1 atom stereocenters. The monoisotopic (exact) mass is 342 g/mol. The lowest BCUT2D eigenvalue weighted by atomic mass is 10.2. The van der Waals surface area contributed by atoms with E-state index in [1.807, 2.05) is 35.2 Å². The molecule has 1 aromatic heterocycles. The second-order valence-corrected chi connectivity index (χ2v) is 6.44. The Morgan fingerprint density at radius 2 is 1.96 bits per heavy atom. The molecule has 132 valence electrons. The predicted octanol–water partition coefficient (Wildman–Crippen LogP) is 1.73. The molecular weight excluding hydrogens is 320 g/mol. The lowest BCUT2D eigenvalue weighted by Gasteiger charge is -2.29. The van der Waals surface area contributed by atoms with Crippen LogP contribution < -0.4 is 0 Å². The molecule has 2 saturated heterocycles. The Labute approximate surface area is 146 Å². The third-order valence-corrected chi connectivity index (χ3v) is 4.82. The Morgan fingerprint density at radius 3 is 2.76 bits per heavy atom. The van der Waals surface area contributed by atoms with Crippen molar-refractivity contribution in [3.8, 4) is 11.4 Å². The number of rotatable bonds is 4. The van der Waals surface area contributed by atoms with Crippen molar-refractivity contribution in [1.29, 1.82) is 0 Å². The van der Waals surface area contributed by atoms with Gasteiger partial charge in [-0.15, -0.1) is 0 Å². The van der Waals surface area contributed by atoms with Crippen LogP contribution in [0.3, 0.4) is 0 Å². The fourth-order valence-corrected chi connectivity index (χ4v) is 3.46. The zero-order chi connectivity index (χ0) is 17.1. The van der Waals surface area contributed by atoms with Crippen molar-refractivity contribution in [2.75, 3.05) is 39.4 Å². The SMILES string of the molecule is O=C(CN1CCC[C@H]1c1nc(-c2ccccc2)no1)N1CCOCC1. The average Bonchev–Trinajstić information content (AvgIpc) is 3.32. The number of nitrogens with zero attached hydrogens (tertiary/aromatic N) is 4. The van der Waals surface area contributed by atoms with Crippen LogP contribution in [0.1, 0.15) is 24.8 Å². The van der Waals surface area contributed by atoms with Gasteiger partial charge < -0.3 is 14.2 Å². The number of morpholine rings is 1. The van der Waals surface area contributed by atoms with Crippen LogP contribution in [0, 0.1) is 0 Å². The van der Waals surface area contributed by atoms with E-state index in [-0.39, 0.29) is 11.9 Å². The maximum absolute atomic E-state index is 12.5. The van der Waals surface area contributed by atoms with Gasteiger partial charge in [-0.3, -0.25) is 9.69 Å². The number of hydrogen-bond acceptors (Lipinski definition) is 6. The number of hydrogen-bond donors (Lipinski definition) is 0. The molecule has 2 aromatic rings. The van der Waals surface area contributed by atoms with E-state index >= 15 is 0 Å². The second kappa shape index (κ2) is 7.33. The lowest BCUT2D eigenvalue weighted by molar-refractivity contribution is -0.136. The van der Waals surface area contributed by atoms with E-state index in [1.54, 1.807) is 0 Å². The highest BCUT2D eigenvalue weighted by Crippen LogP contribution is 2.31. The Balaban J connectivity index is 1.44. The maximum atomic E-state index is 12.5. The highest BCUT2D eigenvalue weighted by molar-refractivity contribution is 5.78. The summed E-state index contributed by atoms with van der Waals surface area (Å²) in [6, 6.07) is 9.81. The first-order valence-corrected chi connectivity index (χ1v) is 8.80. The van der Waals surface area contributed by atoms with E-state index < -0.39 is 0 Å². The molecule has 0 aliphatic carbocycles. The first kappa shape index (κ1) is 16.2. The molecule has 0 radical (unpaired) electrons. The minimum Gasteiger partial charge on any atom is -0.378 e. The van der Waals surface area contributed by atoms with E-state index in [1.165, 1.54) is 0 Å². The standard InChI is InChI=1S/C18H22N4O3/c23-16(21-9-11-24-12-10-21)13-22-8-4-7-15(22)18-19-17(20-25-18)14-5-2-1-3-6-14/h1-3,5-6,15H,4,7-13H2/t15-/m0/s1. The molecule has 0 unspecified atom stereocenters. The van der Waals surface area contributed by atoms with Crippen molar-refractivity contribution in [2.45, 2.75) is 18.9 Å². The van der Waals surface area contributed by atoms with Gasteiger partial charge in [0.25, 0.3) is 0 Å². The van der Waals surface area contributed by atoms with Crippen LogP contribution in [-0.4, -0.2) is 65.2 Å². The number of aromatic nitrogens is 2. The fraction of sp³-hybridized carbons (Fsp3) is 0.500. The molecule has 0 spiro atoms. The summed E-state index contributed by atoms with van der Waals surface area (Å²) in [4.78, 5) is 21.1. The highest BCUT2D eigenvalue weighted by Gasteiger charge is 2.33. The quantitative estimate of drug-likeness (QED) is 0.843. The van der Waals surface area contributed by atoms with Crippen LogP contribution in [0.2, 0.25) is 0 Å². The van der Waals surface area contributed by atoms with Crippen LogP contribution >= 0.6 is 0 Å². The first-order valence-electron chi connectivity index (χ1n) is 8.80. The number of amides is 1. The Bertz CT molecular complexity index is 712. The summed E-state index contributed by atoms with van der Waals surface area (Å²) in [6.45, 7) is 3.88. The molecule has 2 aliphatic rings. The molecule has 1 amide bonds. The number of carbonyl (C=O) groups excluding carboxylic acids is 1. The Kier molecular flexibility index (Phi) is 4.76. The molecule has 0 bridgehead atoms. The third kappa shape index (κ3) is 3.57. The van der Waals surface area contributed by atoms with Gasteiger partial charge >= 0.3 is 0 Å². The van der Waals surface area contributed by atoms with Gasteiger partial charge in [-0.1, -0.05) is 35.5 Å². The number of ether oxygens (including phenoxy) is 1. The van der Waals surface area contributed by atoms with Crippen molar-refractivity contribution in [3.63, 3.8) is 0 Å². The van der Waals surface area contributed by atoms with Crippen molar-refractivity contribution in [1.82, 2.24) is 19.9 Å². The van der Waals surface area contributed by atoms with Crippen molar-refractivity contribution < 1.29 is 14.1 Å². The van der Waals surface area contributed by atoms with Crippen molar-refractivity contribution in [3.05, 3.63) is 36.2 Å². The average molecular weight is 342 g/mol. The Morgan fingerprint density at radius 1 is 1.16 bits per heavy atom. The van der Waals surface area contributed by atoms with Crippen LogP contribution in [0.4, 0.5) is 0 Å². The van der Waals surface area contributed by atoms with E-state index in [9.17, 15) is 4.79 Å². The van der Waals surface area contributed by atoms with Gasteiger partial charge in [0, 0.05) is 18.7 Å². The molecule has 3 heterocycles. The molecule has 1 aromatic carbocycles. The smallest absolute Gasteiger partial charge is 0.244 e. The molecule has 7 nitrogen and oxygen atoms in total. The summed E-state index contributed by atoms with van der Waals surface area (Å²) >= 11 is 0. The van der Waals surface area contributed by atoms with E-state index in [2.05, 4.69) is 15.0 Å². The maximum Gasteiger partial charge on any atom is 0.244 e. The molecule has 2 fully saturated rings. The Hall–Kier alpha value is -2.25. The molecule has 0 saturated carbocycles. The van der Waals surface area contributed by atoms with Gasteiger partial charge in [-0.2, -0.15) is 4.98 Å². The number of benzene rings is 1. The summed E-state index contributed by atoms with van der Waals surface area (Å²) in [5.41, 5.74) is 0.937. The van der Waals surface area contributed by atoms with E-state index in [0.717, 1.165) is 24.9 Å². The highest BCUT2D eigenvalue weighted by atomic mass is 16.5. The van der Waals surface area contributed by atoms with Gasteiger partial charge in [0.05, 0.1) is 25.8 Å². The predicted molar refractivity (Wildman–Crippen MR) is 90.7 cm³/mol. The largest absolute Gasteiger partial charge is 0.378 e. The molecule has 2 aliphatic heterocycles. The molecule has 25 heavy (non-hydrogen) atoms. The summed E-state index contributed by atoms with van der Waals surface area (Å²) in [5.74, 6) is 1.35. The fourth-order valence-electron chi connectivity index (χ4n) is 3.46. The summed E-state index contributed by atoms with van der Waals surface area (Å²) in [7, 11) is 0. The van der Waals surface area contributed by atoms with Gasteiger partial charge in [-0.05, 0) is 19.4 Å². The molecule has 0 N–H and O–H groups in total. The molecule has 4 rings (SSSR count). The summed E-state index contributed by atoms with van der Waals surface area (Å²) < 4.78 is 10.8. The zero-order valence-corrected chi connectivity index (χ0v) is 14.1. The minimum absolute atomic E-state index is 0.0231. The summed E-state index contributed by atoms with van der Waals surface area (Å²) in [6.07, 6.45) is 1.97. The van der Waals surface area contributed by atoms with Gasteiger partial charge in [-0.25, -0.2) is 0 Å². The van der Waals surface area contributed by atoms with Gasteiger partial charge in [0.15, 0.2) is 0 Å². The first-order chi connectivity index (χ1) is 12.3. The van der Waals surface area contributed by atoms with Gasteiger partial charge in [0.2, 0.25) is 17.6 Å². The van der Waals surface area contributed by atoms with Crippen molar-refractivity contribution >= 4 is 5.91 Å². The molecular formula is C18H22N4O3. The van der Waals surface area contributed by atoms with Crippen molar-refractivity contribution in [2.24, 2.45) is 0 Å². The van der Waals surface area contributed by atoms with Crippen LogP contribution in [0.25, 0.3) is 11.4 Å². The summed E-state index contributed by atoms with van der Waals surface area (Å²) in [5, 5.41) is 4.11.